The van der Waals surface area contributed by atoms with Gasteiger partial charge < -0.3 is 14.3 Å². The molecule has 0 aliphatic heterocycles. The van der Waals surface area contributed by atoms with Gasteiger partial charge in [-0.1, -0.05) is 12.1 Å². The highest BCUT2D eigenvalue weighted by Gasteiger charge is 2.14. The third kappa shape index (κ3) is 7.58. The number of hydrogen-bond acceptors (Lipinski definition) is 6. The number of rotatable bonds is 9. The zero-order valence-electron chi connectivity index (χ0n) is 13.8. The second-order valence-electron chi connectivity index (χ2n) is 4.65. The van der Waals surface area contributed by atoms with Crippen molar-refractivity contribution < 1.29 is 32.7 Å². The molecule has 0 aromatic heterocycles. The molecule has 0 heterocycles. The van der Waals surface area contributed by atoms with Gasteiger partial charge in [-0.25, -0.2) is 14.0 Å². The summed E-state index contributed by atoms with van der Waals surface area (Å²) in [6, 6.07) is 3.62. The maximum atomic E-state index is 13.6. The van der Waals surface area contributed by atoms with E-state index in [1.807, 2.05) is 0 Å². The second-order valence-corrected chi connectivity index (χ2v) is 4.65. The van der Waals surface area contributed by atoms with Gasteiger partial charge in [-0.3, -0.25) is 0 Å². The van der Waals surface area contributed by atoms with Crippen LogP contribution < -0.4 is 10.2 Å². The predicted octanol–water partition coefficient (Wildman–Crippen LogP) is 2.46. The first-order chi connectivity index (χ1) is 12.0. The van der Waals surface area contributed by atoms with Crippen molar-refractivity contribution in [1.82, 2.24) is 5.48 Å². The Hall–Kier alpha value is -2.74. The Morgan fingerprint density at radius 1 is 1.24 bits per heavy atom. The summed E-state index contributed by atoms with van der Waals surface area (Å²) in [5.74, 6) is -3.83. The molecule has 0 saturated heterocycles. The maximum absolute atomic E-state index is 13.6. The van der Waals surface area contributed by atoms with Crippen LogP contribution >= 0.6 is 0 Å². The quantitative estimate of drug-likeness (QED) is 0.317. The van der Waals surface area contributed by atoms with Crippen LogP contribution in [0.3, 0.4) is 0 Å². The number of benzene rings is 1. The molecule has 1 N–H and O–H groups in total. The molecule has 6 nitrogen and oxygen atoms in total. The summed E-state index contributed by atoms with van der Waals surface area (Å²) in [5.41, 5.74) is 2.16. The zero-order valence-corrected chi connectivity index (χ0v) is 13.8. The standard InChI is InChI=1S/C17H19F2NO5/c1-3-5-12(24-14-7-4-6-13(18)17(14)19)10-11-23-15(21)8-9-16(22)25-20-2/h3-9,12,20H,10-11H2,1-2H3/b5-3+,9-8+. The molecule has 0 spiro atoms. The van der Waals surface area contributed by atoms with Gasteiger partial charge in [0.25, 0.3) is 0 Å². The average molecular weight is 355 g/mol. The van der Waals surface area contributed by atoms with Gasteiger partial charge in [-0.05, 0) is 25.1 Å². The fourth-order valence-electron chi connectivity index (χ4n) is 1.74. The molecule has 1 aromatic rings. The Kier molecular flexibility index (Phi) is 8.87. The van der Waals surface area contributed by atoms with Gasteiger partial charge in [0.05, 0.1) is 6.61 Å². The molecular weight excluding hydrogens is 336 g/mol. The molecule has 0 radical (unpaired) electrons. The van der Waals surface area contributed by atoms with Gasteiger partial charge >= 0.3 is 11.9 Å². The molecule has 0 aliphatic carbocycles. The van der Waals surface area contributed by atoms with E-state index in [0.29, 0.717) is 0 Å². The van der Waals surface area contributed by atoms with Crippen molar-refractivity contribution in [1.29, 1.82) is 0 Å². The van der Waals surface area contributed by atoms with Crippen molar-refractivity contribution in [2.24, 2.45) is 0 Å². The van der Waals surface area contributed by atoms with Gasteiger partial charge in [-0.15, -0.1) is 0 Å². The Labute approximate surface area is 144 Å². The molecule has 136 valence electrons. The van der Waals surface area contributed by atoms with E-state index < -0.39 is 29.7 Å². The topological polar surface area (TPSA) is 73.9 Å². The second kappa shape index (κ2) is 10.9. The van der Waals surface area contributed by atoms with Gasteiger partial charge in [-0.2, -0.15) is 9.87 Å². The highest BCUT2D eigenvalue weighted by molar-refractivity contribution is 5.91. The minimum Gasteiger partial charge on any atom is -0.483 e. The maximum Gasteiger partial charge on any atom is 0.349 e. The first-order valence-corrected chi connectivity index (χ1v) is 7.43. The van der Waals surface area contributed by atoms with Crippen molar-refractivity contribution in [3.63, 3.8) is 0 Å². The summed E-state index contributed by atoms with van der Waals surface area (Å²) in [6.07, 6.45) is 4.71. The van der Waals surface area contributed by atoms with E-state index in [-0.39, 0.29) is 18.8 Å². The molecule has 25 heavy (non-hydrogen) atoms. The van der Waals surface area contributed by atoms with E-state index >= 15 is 0 Å². The van der Waals surface area contributed by atoms with Crippen LogP contribution in [0.25, 0.3) is 0 Å². The van der Waals surface area contributed by atoms with Crippen LogP contribution in [-0.4, -0.2) is 31.7 Å². The van der Waals surface area contributed by atoms with Crippen molar-refractivity contribution in [3.8, 4) is 5.75 Å². The number of halogens is 2. The Morgan fingerprint density at radius 3 is 2.64 bits per heavy atom. The van der Waals surface area contributed by atoms with E-state index in [1.54, 1.807) is 19.1 Å². The van der Waals surface area contributed by atoms with Crippen molar-refractivity contribution in [2.45, 2.75) is 19.4 Å². The molecule has 1 unspecified atom stereocenters. The third-order valence-electron chi connectivity index (χ3n) is 2.81. The normalized spacial score (nSPS) is 12.3. The smallest absolute Gasteiger partial charge is 0.349 e. The number of carbonyl (C=O) groups excluding carboxylic acids is 2. The van der Waals surface area contributed by atoms with Crippen molar-refractivity contribution >= 4 is 11.9 Å². The SMILES string of the molecule is C/C=C/C(CCOC(=O)/C=C/C(=O)ONC)Oc1cccc(F)c1F. The largest absolute Gasteiger partial charge is 0.483 e. The van der Waals surface area contributed by atoms with Crippen LogP contribution in [0.5, 0.6) is 5.75 Å². The number of nitrogens with one attached hydrogen (secondary N) is 1. The number of ether oxygens (including phenoxy) is 2. The molecule has 1 atom stereocenters. The van der Waals surface area contributed by atoms with Crippen LogP contribution in [0, 0.1) is 11.6 Å². The minimum atomic E-state index is -1.08. The summed E-state index contributed by atoms with van der Waals surface area (Å²) in [7, 11) is 1.40. The number of allylic oxidation sites excluding steroid dienone is 1. The van der Waals surface area contributed by atoms with Crippen LogP contribution in [0.2, 0.25) is 0 Å². The minimum absolute atomic E-state index is 0.0454. The highest BCUT2D eigenvalue weighted by atomic mass is 19.2. The number of hydrogen-bond donors (Lipinski definition) is 1. The van der Waals surface area contributed by atoms with E-state index in [4.69, 9.17) is 9.47 Å². The fraction of sp³-hybridized carbons (Fsp3) is 0.294. The van der Waals surface area contributed by atoms with E-state index in [1.165, 1.54) is 19.2 Å². The van der Waals surface area contributed by atoms with Crippen LogP contribution in [0.4, 0.5) is 8.78 Å². The molecular formula is C17H19F2NO5. The number of esters is 1. The lowest BCUT2D eigenvalue weighted by atomic mass is 10.2. The number of carbonyl (C=O) groups is 2. The van der Waals surface area contributed by atoms with Crippen LogP contribution in [0.1, 0.15) is 13.3 Å². The Balaban J connectivity index is 2.52. The first kappa shape index (κ1) is 20.3. The molecule has 1 aromatic carbocycles. The van der Waals surface area contributed by atoms with Gasteiger partial charge in [0, 0.05) is 25.6 Å². The third-order valence-corrected chi connectivity index (χ3v) is 2.81. The van der Waals surface area contributed by atoms with Gasteiger partial charge in [0.2, 0.25) is 5.82 Å². The van der Waals surface area contributed by atoms with E-state index in [9.17, 15) is 18.4 Å². The van der Waals surface area contributed by atoms with Gasteiger partial charge in [0.1, 0.15) is 6.10 Å². The lowest BCUT2D eigenvalue weighted by Crippen LogP contribution is -2.18. The Bertz CT molecular complexity index is 646. The molecule has 0 amide bonds. The molecule has 0 aliphatic rings. The summed E-state index contributed by atoms with van der Waals surface area (Å²) < 4.78 is 37.1. The first-order valence-electron chi connectivity index (χ1n) is 7.43. The van der Waals surface area contributed by atoms with Crippen molar-refractivity contribution in [2.75, 3.05) is 13.7 Å². The molecule has 0 fully saturated rings. The molecule has 8 heteroatoms. The van der Waals surface area contributed by atoms with Gasteiger partial charge in [0.15, 0.2) is 11.6 Å². The average Bonchev–Trinajstić information content (AvgIpc) is 2.57. The van der Waals surface area contributed by atoms with Crippen molar-refractivity contribution in [3.05, 3.63) is 54.1 Å². The monoisotopic (exact) mass is 355 g/mol. The van der Waals surface area contributed by atoms with Crippen LogP contribution in [0.15, 0.2) is 42.5 Å². The molecule has 0 saturated carbocycles. The van der Waals surface area contributed by atoms with E-state index in [2.05, 4.69) is 10.3 Å². The summed E-state index contributed by atoms with van der Waals surface area (Å²) >= 11 is 0. The molecule has 0 bridgehead atoms. The summed E-state index contributed by atoms with van der Waals surface area (Å²) in [6.45, 7) is 1.69. The molecule has 1 rings (SSSR count). The summed E-state index contributed by atoms with van der Waals surface area (Å²) in [5, 5.41) is 0. The lowest BCUT2D eigenvalue weighted by molar-refractivity contribution is -0.144. The fourth-order valence-corrected chi connectivity index (χ4v) is 1.74. The zero-order chi connectivity index (χ0) is 18.7. The summed E-state index contributed by atoms with van der Waals surface area (Å²) in [4.78, 5) is 26.8. The number of hydroxylamine groups is 1. The highest BCUT2D eigenvalue weighted by Crippen LogP contribution is 2.21. The van der Waals surface area contributed by atoms with E-state index in [0.717, 1.165) is 18.2 Å². The Morgan fingerprint density at radius 2 is 1.96 bits per heavy atom. The predicted molar refractivity (Wildman–Crippen MR) is 85.5 cm³/mol. The van der Waals surface area contributed by atoms with Crippen LogP contribution in [-0.2, 0) is 19.2 Å². The lowest BCUT2D eigenvalue weighted by Gasteiger charge is -2.16.